The van der Waals surface area contributed by atoms with Crippen LogP contribution in [-0.4, -0.2) is 46.4 Å². The summed E-state index contributed by atoms with van der Waals surface area (Å²) in [6.45, 7) is 2.00. The molecule has 0 saturated heterocycles. The first-order valence-corrected chi connectivity index (χ1v) is 12.2. The van der Waals surface area contributed by atoms with Crippen molar-refractivity contribution in [3.05, 3.63) is 60.0 Å². The fraction of sp³-hybridized carbons (Fsp3) is 0.269. The van der Waals surface area contributed by atoms with Gasteiger partial charge in [0.1, 0.15) is 5.75 Å². The number of fused-ring (bicyclic) bond motifs is 2. The average Bonchev–Trinajstić information content (AvgIpc) is 2.89. The predicted octanol–water partition coefficient (Wildman–Crippen LogP) is 2.76. The van der Waals surface area contributed by atoms with Gasteiger partial charge in [-0.25, -0.2) is 9.37 Å². The third-order valence-corrected chi connectivity index (χ3v) is 6.20. The van der Waals surface area contributed by atoms with Gasteiger partial charge in [-0.3, -0.25) is 14.4 Å². The van der Waals surface area contributed by atoms with Crippen molar-refractivity contribution in [1.29, 1.82) is 0 Å². The molecule has 0 spiro atoms. The molecule has 3 amide bonds. The van der Waals surface area contributed by atoms with Crippen molar-refractivity contribution in [2.45, 2.75) is 31.8 Å². The van der Waals surface area contributed by atoms with E-state index in [0.29, 0.717) is 36.4 Å². The molecule has 0 fully saturated rings. The van der Waals surface area contributed by atoms with Crippen LogP contribution in [0.2, 0.25) is 0 Å². The normalized spacial score (nSPS) is 19.8. The fourth-order valence-electron chi connectivity index (χ4n) is 4.07. The Balaban J connectivity index is 1.45. The number of benzene rings is 2. The van der Waals surface area contributed by atoms with E-state index >= 15 is 0 Å². The number of halogens is 1. The van der Waals surface area contributed by atoms with E-state index in [-0.39, 0.29) is 36.4 Å². The molecule has 3 aromatic rings. The van der Waals surface area contributed by atoms with Crippen LogP contribution in [0.25, 0.3) is 0 Å². The van der Waals surface area contributed by atoms with Crippen LogP contribution in [0.15, 0.2) is 48.7 Å². The standard InChI is InChI=1S/C26H26FN7O4/c1-26-23(36)29-11-3-10-28-21(35)9-6-15-4-2-5-16(12-15)32-25-30-14-18(27)22(34-25)31-17-7-8-20(38-26)19(13-17)33-24(26)37/h2,4-5,7-8,12-14H,3,6,9-11H2,1H3,(H,28,35)(H,29,36)(H,33,37)(H2,30,31,32,34). The van der Waals surface area contributed by atoms with Crippen LogP contribution in [0.4, 0.5) is 33.2 Å². The second kappa shape index (κ2) is 10.3. The molecule has 1 aromatic heterocycles. The Hall–Kier alpha value is -4.74. The minimum absolute atomic E-state index is 0.0825. The second-order valence-corrected chi connectivity index (χ2v) is 9.10. The summed E-state index contributed by atoms with van der Waals surface area (Å²) in [6.07, 6.45) is 2.32. The number of amides is 3. The highest BCUT2D eigenvalue weighted by Crippen LogP contribution is 2.36. The third-order valence-electron chi connectivity index (χ3n) is 6.20. The van der Waals surface area contributed by atoms with Gasteiger partial charge in [0.05, 0.1) is 11.9 Å². The highest BCUT2D eigenvalue weighted by atomic mass is 19.1. The van der Waals surface area contributed by atoms with Crippen LogP contribution < -0.4 is 31.3 Å². The van der Waals surface area contributed by atoms with Crippen LogP contribution in [0.1, 0.15) is 25.3 Å². The number of aromatic nitrogens is 2. The molecule has 8 bridgehead atoms. The maximum Gasteiger partial charge on any atom is 0.278 e. The number of nitrogens with zero attached hydrogens (tertiary/aromatic N) is 2. The smallest absolute Gasteiger partial charge is 0.278 e. The Morgan fingerprint density at radius 3 is 2.61 bits per heavy atom. The van der Waals surface area contributed by atoms with Crippen LogP contribution in [0, 0.1) is 5.82 Å². The number of anilines is 5. The Morgan fingerprint density at radius 1 is 0.921 bits per heavy atom. The second-order valence-electron chi connectivity index (χ2n) is 9.10. The minimum Gasteiger partial charge on any atom is -0.466 e. The molecule has 11 nitrogen and oxygen atoms in total. The van der Waals surface area contributed by atoms with Crippen LogP contribution in [0.3, 0.4) is 0 Å². The van der Waals surface area contributed by atoms with Gasteiger partial charge in [-0.05, 0) is 55.7 Å². The third kappa shape index (κ3) is 5.33. The molecule has 0 radical (unpaired) electrons. The number of aryl methyl sites for hydroxylation is 1. The molecule has 1 atom stereocenters. The topological polar surface area (TPSA) is 146 Å². The quantitative estimate of drug-likeness (QED) is 0.285. The molecule has 4 aliphatic rings. The molecule has 1 unspecified atom stereocenters. The fourth-order valence-corrected chi connectivity index (χ4v) is 4.07. The maximum absolute atomic E-state index is 14.5. The van der Waals surface area contributed by atoms with Gasteiger partial charge in [0, 0.05) is 30.9 Å². The lowest BCUT2D eigenvalue weighted by Crippen LogP contribution is -2.58. The van der Waals surface area contributed by atoms with E-state index < -0.39 is 23.2 Å². The Labute approximate surface area is 217 Å². The number of carbonyl (C=O) groups excluding carboxylic acids is 3. The SMILES string of the molecule is CC12Oc3ccc(cc3NC1=O)Nc1nc(ncc1F)Nc1cccc(c1)CCC(=O)NCCCNC2=O. The van der Waals surface area contributed by atoms with Crippen LogP contribution in [0.5, 0.6) is 5.75 Å². The summed E-state index contributed by atoms with van der Waals surface area (Å²) in [4.78, 5) is 46.2. The van der Waals surface area contributed by atoms with E-state index in [1.807, 2.05) is 24.3 Å². The number of rotatable bonds is 0. The van der Waals surface area contributed by atoms with Crippen LogP contribution >= 0.6 is 0 Å². The Kier molecular flexibility index (Phi) is 6.77. The Morgan fingerprint density at radius 2 is 1.74 bits per heavy atom. The van der Waals surface area contributed by atoms with E-state index in [1.165, 1.54) is 6.92 Å². The van der Waals surface area contributed by atoms with Crippen molar-refractivity contribution in [2.24, 2.45) is 0 Å². The van der Waals surface area contributed by atoms with Gasteiger partial charge in [-0.1, -0.05) is 12.1 Å². The number of hydrogen-bond acceptors (Lipinski definition) is 8. The van der Waals surface area contributed by atoms with Gasteiger partial charge in [0.15, 0.2) is 11.6 Å². The zero-order valence-electron chi connectivity index (χ0n) is 20.6. The zero-order valence-corrected chi connectivity index (χ0v) is 20.6. The summed E-state index contributed by atoms with van der Waals surface area (Å²) in [5, 5.41) is 14.2. The number of ether oxygens (including phenoxy) is 1. The average molecular weight is 520 g/mol. The molecular weight excluding hydrogens is 493 g/mol. The van der Waals surface area contributed by atoms with E-state index in [2.05, 4.69) is 36.6 Å². The first kappa shape index (κ1) is 24.9. The molecule has 196 valence electrons. The predicted molar refractivity (Wildman–Crippen MR) is 138 cm³/mol. The van der Waals surface area contributed by atoms with Crippen molar-refractivity contribution in [3.63, 3.8) is 0 Å². The molecule has 0 aliphatic carbocycles. The van der Waals surface area contributed by atoms with E-state index in [1.54, 1.807) is 18.2 Å². The summed E-state index contributed by atoms with van der Waals surface area (Å²) in [6, 6.07) is 12.2. The lowest BCUT2D eigenvalue weighted by atomic mass is 10.0. The molecule has 5 heterocycles. The number of hydrogen-bond donors (Lipinski definition) is 5. The van der Waals surface area contributed by atoms with Crippen molar-refractivity contribution in [2.75, 3.05) is 29.0 Å². The highest BCUT2D eigenvalue weighted by Gasteiger charge is 2.47. The van der Waals surface area contributed by atoms with E-state index in [4.69, 9.17) is 4.74 Å². The van der Waals surface area contributed by atoms with Crippen molar-refractivity contribution in [3.8, 4) is 5.75 Å². The molecule has 2 aromatic carbocycles. The minimum atomic E-state index is -1.78. The van der Waals surface area contributed by atoms with Gasteiger partial charge in [0.25, 0.3) is 17.4 Å². The van der Waals surface area contributed by atoms with Gasteiger partial charge in [0.2, 0.25) is 11.9 Å². The van der Waals surface area contributed by atoms with Crippen molar-refractivity contribution >= 4 is 46.5 Å². The lowest BCUT2D eigenvalue weighted by molar-refractivity contribution is -0.146. The molecule has 7 rings (SSSR count). The molecule has 5 N–H and O–H groups in total. The van der Waals surface area contributed by atoms with E-state index in [0.717, 1.165) is 11.8 Å². The van der Waals surface area contributed by atoms with Crippen LogP contribution in [-0.2, 0) is 20.8 Å². The molecule has 0 saturated carbocycles. The molecule has 38 heavy (non-hydrogen) atoms. The summed E-state index contributed by atoms with van der Waals surface area (Å²) in [5.74, 6) is -1.68. The largest absolute Gasteiger partial charge is 0.466 e. The monoisotopic (exact) mass is 519 g/mol. The van der Waals surface area contributed by atoms with Gasteiger partial charge in [-0.15, -0.1) is 0 Å². The van der Waals surface area contributed by atoms with Gasteiger partial charge >= 0.3 is 0 Å². The number of carbonyl (C=O) groups is 3. The van der Waals surface area contributed by atoms with Gasteiger partial charge in [-0.2, -0.15) is 4.98 Å². The first-order chi connectivity index (χ1) is 18.3. The van der Waals surface area contributed by atoms with Gasteiger partial charge < -0.3 is 31.3 Å². The van der Waals surface area contributed by atoms with Crippen molar-refractivity contribution < 1.29 is 23.5 Å². The molecular formula is C26H26FN7O4. The summed E-state index contributed by atoms with van der Waals surface area (Å²) in [5.41, 5.74) is 0.580. The highest BCUT2D eigenvalue weighted by molar-refractivity contribution is 6.15. The zero-order chi connectivity index (χ0) is 26.7. The molecule has 4 aliphatic heterocycles. The summed E-state index contributed by atoms with van der Waals surface area (Å²) in [7, 11) is 0. The van der Waals surface area contributed by atoms with Crippen molar-refractivity contribution in [1.82, 2.24) is 20.6 Å². The maximum atomic E-state index is 14.5. The first-order valence-electron chi connectivity index (χ1n) is 12.2. The van der Waals surface area contributed by atoms with E-state index in [9.17, 15) is 18.8 Å². The molecule has 12 heteroatoms. The summed E-state index contributed by atoms with van der Waals surface area (Å²) < 4.78 is 20.3. The lowest BCUT2D eigenvalue weighted by Gasteiger charge is -2.33. The number of nitrogens with one attached hydrogen (secondary N) is 5. The Bertz CT molecular complexity index is 1420. The summed E-state index contributed by atoms with van der Waals surface area (Å²) >= 11 is 0.